The molecular weight excluding hydrogens is 329 g/mol. The van der Waals surface area contributed by atoms with Crippen LogP contribution in [0.4, 0.5) is 4.39 Å². The fraction of sp³-hybridized carbons (Fsp3) is 0.909. The third-order valence-electron chi connectivity index (χ3n) is 8.60. The van der Waals surface area contributed by atoms with E-state index in [1.807, 2.05) is 0 Å². The van der Waals surface area contributed by atoms with Gasteiger partial charge in [0.1, 0.15) is 6.30 Å². The molecule has 3 aliphatic carbocycles. The molecule has 3 N–H and O–H groups in total. The van der Waals surface area contributed by atoms with Crippen LogP contribution in [0.15, 0.2) is 12.2 Å². The van der Waals surface area contributed by atoms with Crippen molar-refractivity contribution in [2.75, 3.05) is 13.2 Å². The topological polar surface area (TPSA) is 52.5 Å². The van der Waals surface area contributed by atoms with E-state index < -0.39 is 6.30 Å². The van der Waals surface area contributed by atoms with Gasteiger partial charge in [-0.25, -0.2) is 4.39 Å². The summed E-state index contributed by atoms with van der Waals surface area (Å²) in [6.07, 6.45) is 5.69. The van der Waals surface area contributed by atoms with Crippen LogP contribution in [0, 0.1) is 34.5 Å². The van der Waals surface area contributed by atoms with Crippen LogP contribution in [0.1, 0.15) is 65.7 Å². The minimum absolute atomic E-state index is 0.0190. The van der Waals surface area contributed by atoms with Crippen molar-refractivity contribution in [2.45, 2.75) is 78.1 Å². The highest BCUT2D eigenvalue weighted by Crippen LogP contribution is 2.63. The molecule has 0 radical (unpaired) electrons. The molecule has 0 aliphatic heterocycles. The summed E-state index contributed by atoms with van der Waals surface area (Å²) in [7, 11) is 0. The number of nitrogens with one attached hydrogen (secondary N) is 1. The SMILES string of the molecule is C=C1CC[C@H]2[C@H](CNC(C)F)[C@@H]([C@@]3(C)CC[C@H](O)CC3CO)CC[C@]12C. The number of rotatable bonds is 5. The van der Waals surface area contributed by atoms with Crippen molar-refractivity contribution in [2.24, 2.45) is 34.5 Å². The van der Waals surface area contributed by atoms with E-state index in [1.165, 1.54) is 5.57 Å². The predicted octanol–water partition coefficient (Wildman–Crippen LogP) is 4.05. The van der Waals surface area contributed by atoms with Crippen LogP contribution < -0.4 is 5.32 Å². The quantitative estimate of drug-likeness (QED) is 0.507. The first kappa shape index (κ1) is 20.3. The summed E-state index contributed by atoms with van der Waals surface area (Å²) in [5, 5.41) is 23.3. The molecule has 150 valence electrons. The lowest BCUT2D eigenvalue weighted by Gasteiger charge is -2.56. The van der Waals surface area contributed by atoms with Crippen molar-refractivity contribution in [1.82, 2.24) is 5.32 Å². The van der Waals surface area contributed by atoms with Gasteiger partial charge in [0.2, 0.25) is 0 Å². The van der Waals surface area contributed by atoms with Crippen molar-refractivity contribution in [3.05, 3.63) is 12.2 Å². The van der Waals surface area contributed by atoms with Crippen LogP contribution in [-0.2, 0) is 0 Å². The van der Waals surface area contributed by atoms with Gasteiger partial charge in [-0.2, -0.15) is 0 Å². The Labute approximate surface area is 158 Å². The van der Waals surface area contributed by atoms with E-state index in [2.05, 4.69) is 25.7 Å². The Balaban J connectivity index is 1.90. The van der Waals surface area contributed by atoms with E-state index in [0.717, 1.165) is 38.5 Å². The van der Waals surface area contributed by atoms with E-state index in [0.29, 0.717) is 30.7 Å². The Hall–Kier alpha value is -0.450. The number of aliphatic hydroxyl groups excluding tert-OH is 2. The second-order valence-corrected chi connectivity index (χ2v) is 9.81. The number of halogens is 1. The largest absolute Gasteiger partial charge is 0.396 e. The van der Waals surface area contributed by atoms with E-state index >= 15 is 0 Å². The third-order valence-corrected chi connectivity index (χ3v) is 8.60. The van der Waals surface area contributed by atoms with Gasteiger partial charge in [-0.15, -0.1) is 0 Å². The Morgan fingerprint density at radius 3 is 2.62 bits per heavy atom. The summed E-state index contributed by atoms with van der Waals surface area (Å²) in [5.41, 5.74) is 1.58. The van der Waals surface area contributed by atoms with Gasteiger partial charge in [0, 0.05) is 13.2 Å². The monoisotopic (exact) mass is 367 g/mol. The van der Waals surface area contributed by atoms with Crippen LogP contribution in [-0.4, -0.2) is 35.8 Å². The van der Waals surface area contributed by atoms with Crippen molar-refractivity contribution < 1.29 is 14.6 Å². The van der Waals surface area contributed by atoms with E-state index in [4.69, 9.17) is 0 Å². The molecule has 3 aliphatic rings. The number of alkyl halides is 1. The lowest BCUT2D eigenvalue weighted by molar-refractivity contribution is -0.0942. The minimum Gasteiger partial charge on any atom is -0.396 e. The van der Waals surface area contributed by atoms with Gasteiger partial charge in [0.15, 0.2) is 0 Å². The standard InChI is InChI=1S/C22H38FNO2/c1-14-5-6-19-18(12-24-15(2)23)20(8-10-21(14,19)3)22(4)9-7-17(26)11-16(22)13-25/h15-20,24-26H,1,5-13H2,2-4H3/t15?,16?,17-,18-,19-,20-,21+,22-/m0/s1. The molecule has 3 nitrogen and oxygen atoms in total. The molecule has 3 rings (SSSR count). The Bertz CT molecular complexity index is 524. The Morgan fingerprint density at radius 1 is 1.23 bits per heavy atom. The average molecular weight is 368 g/mol. The zero-order chi connectivity index (χ0) is 19.1. The summed E-state index contributed by atoms with van der Waals surface area (Å²) in [6.45, 7) is 11.5. The molecule has 3 saturated carbocycles. The first-order chi connectivity index (χ1) is 12.2. The number of allylic oxidation sites excluding steroid dienone is 1. The molecule has 0 heterocycles. The highest BCUT2D eigenvalue weighted by atomic mass is 19.1. The fourth-order valence-electron chi connectivity index (χ4n) is 6.76. The van der Waals surface area contributed by atoms with Crippen LogP contribution >= 0.6 is 0 Å². The van der Waals surface area contributed by atoms with Gasteiger partial charge >= 0.3 is 0 Å². The maximum Gasteiger partial charge on any atom is 0.148 e. The molecule has 8 atom stereocenters. The molecule has 0 aromatic heterocycles. The zero-order valence-corrected chi connectivity index (χ0v) is 16.8. The van der Waals surface area contributed by atoms with E-state index in [1.54, 1.807) is 6.92 Å². The molecule has 26 heavy (non-hydrogen) atoms. The third kappa shape index (κ3) is 3.38. The first-order valence-electron chi connectivity index (χ1n) is 10.6. The van der Waals surface area contributed by atoms with Gasteiger partial charge in [0.05, 0.1) is 6.10 Å². The lowest BCUT2D eigenvalue weighted by Crippen LogP contribution is -2.53. The summed E-state index contributed by atoms with van der Waals surface area (Å²) in [6, 6.07) is 0. The number of aliphatic hydroxyl groups is 2. The predicted molar refractivity (Wildman–Crippen MR) is 103 cm³/mol. The van der Waals surface area contributed by atoms with Crippen LogP contribution in [0.5, 0.6) is 0 Å². The van der Waals surface area contributed by atoms with E-state index in [-0.39, 0.29) is 29.5 Å². The van der Waals surface area contributed by atoms with Gasteiger partial charge < -0.3 is 10.2 Å². The number of fused-ring (bicyclic) bond motifs is 1. The van der Waals surface area contributed by atoms with Crippen LogP contribution in [0.2, 0.25) is 0 Å². The van der Waals surface area contributed by atoms with Crippen molar-refractivity contribution in [3.63, 3.8) is 0 Å². The molecule has 4 heteroatoms. The highest BCUT2D eigenvalue weighted by molar-refractivity contribution is 5.21. The van der Waals surface area contributed by atoms with E-state index in [9.17, 15) is 14.6 Å². The molecule has 0 bridgehead atoms. The fourth-order valence-corrected chi connectivity index (χ4v) is 6.76. The van der Waals surface area contributed by atoms with Gasteiger partial charge in [-0.05, 0) is 86.4 Å². The normalized spacial score (nSPS) is 47.6. The Morgan fingerprint density at radius 2 is 1.96 bits per heavy atom. The smallest absolute Gasteiger partial charge is 0.148 e. The highest BCUT2D eigenvalue weighted by Gasteiger charge is 2.56. The van der Waals surface area contributed by atoms with Crippen LogP contribution in [0.25, 0.3) is 0 Å². The summed E-state index contributed by atoms with van der Waals surface area (Å²) in [5.74, 6) is 1.54. The van der Waals surface area contributed by atoms with Gasteiger partial charge in [0.25, 0.3) is 0 Å². The molecule has 3 fully saturated rings. The van der Waals surface area contributed by atoms with Crippen LogP contribution in [0.3, 0.4) is 0 Å². The second-order valence-electron chi connectivity index (χ2n) is 9.81. The summed E-state index contributed by atoms with van der Waals surface area (Å²) >= 11 is 0. The van der Waals surface area contributed by atoms with Crippen molar-refractivity contribution >= 4 is 0 Å². The molecule has 0 aromatic rings. The minimum atomic E-state index is -0.997. The van der Waals surface area contributed by atoms with Gasteiger partial charge in [-0.3, -0.25) is 5.32 Å². The average Bonchev–Trinajstić information content (AvgIpc) is 2.90. The summed E-state index contributed by atoms with van der Waals surface area (Å²) in [4.78, 5) is 0. The molecule has 0 saturated heterocycles. The molecule has 0 spiro atoms. The molecule has 0 aromatic carbocycles. The Kier molecular flexibility index (Phi) is 5.87. The van der Waals surface area contributed by atoms with Crippen molar-refractivity contribution in [3.8, 4) is 0 Å². The first-order valence-corrected chi connectivity index (χ1v) is 10.6. The van der Waals surface area contributed by atoms with Crippen molar-refractivity contribution in [1.29, 1.82) is 0 Å². The zero-order valence-electron chi connectivity index (χ0n) is 16.8. The molecular formula is C22H38FNO2. The maximum atomic E-state index is 13.6. The molecule has 2 unspecified atom stereocenters. The summed E-state index contributed by atoms with van der Waals surface area (Å²) < 4.78 is 13.6. The number of hydrogen-bond donors (Lipinski definition) is 3. The lowest BCUT2D eigenvalue weighted by atomic mass is 9.49. The molecule has 0 amide bonds. The van der Waals surface area contributed by atoms with Gasteiger partial charge in [-0.1, -0.05) is 26.0 Å². The maximum absolute atomic E-state index is 13.6. The number of hydrogen-bond acceptors (Lipinski definition) is 3. The second kappa shape index (κ2) is 7.52.